The van der Waals surface area contributed by atoms with Gasteiger partial charge in [0.2, 0.25) is 0 Å². The first-order valence-electron chi connectivity index (χ1n) is 10.8. The summed E-state index contributed by atoms with van der Waals surface area (Å²) in [5.74, 6) is 0.265. The third-order valence-corrected chi connectivity index (χ3v) is 6.63. The SMILES string of the molecule is COc1ccc(-c2ccc3c(c2)[C@@H]2[C@@H](CCN2C(=O)c2cccc(F)c2)[C@@H](CO)N3)cc1. The smallest absolute Gasteiger partial charge is 0.254 e. The number of hydrogen-bond donors (Lipinski definition) is 2. The molecule has 2 N–H and O–H groups in total. The Hall–Kier alpha value is -3.38. The van der Waals surface area contributed by atoms with Crippen molar-refractivity contribution in [2.24, 2.45) is 5.92 Å². The summed E-state index contributed by atoms with van der Waals surface area (Å²) >= 11 is 0. The maximum Gasteiger partial charge on any atom is 0.254 e. The molecular weight excluding hydrogens is 407 g/mol. The van der Waals surface area contributed by atoms with Gasteiger partial charge in [-0.1, -0.05) is 24.3 Å². The first-order valence-corrected chi connectivity index (χ1v) is 10.8. The van der Waals surface area contributed by atoms with Gasteiger partial charge in [-0.05, 0) is 65.6 Å². The van der Waals surface area contributed by atoms with Crippen LogP contribution >= 0.6 is 0 Å². The van der Waals surface area contributed by atoms with E-state index in [-0.39, 0.29) is 30.5 Å². The fraction of sp³-hybridized carbons (Fsp3) is 0.269. The topological polar surface area (TPSA) is 61.8 Å². The van der Waals surface area contributed by atoms with E-state index < -0.39 is 5.82 Å². The van der Waals surface area contributed by atoms with E-state index in [1.165, 1.54) is 12.1 Å². The van der Waals surface area contributed by atoms with Gasteiger partial charge in [0, 0.05) is 23.7 Å². The lowest BCUT2D eigenvalue weighted by molar-refractivity contribution is 0.0700. The minimum atomic E-state index is -0.424. The molecule has 5 rings (SSSR count). The van der Waals surface area contributed by atoms with Crippen LogP contribution in [0.25, 0.3) is 11.1 Å². The fourth-order valence-corrected chi connectivity index (χ4v) is 5.04. The molecule has 3 aromatic carbocycles. The van der Waals surface area contributed by atoms with Crippen LogP contribution in [0.1, 0.15) is 28.4 Å². The molecule has 6 heteroatoms. The fourth-order valence-electron chi connectivity index (χ4n) is 5.04. The molecule has 2 aliphatic rings. The third-order valence-electron chi connectivity index (χ3n) is 6.63. The molecule has 0 bridgehead atoms. The number of nitrogens with zero attached hydrogens (tertiary/aromatic N) is 1. The molecule has 3 aromatic rings. The number of halogens is 1. The van der Waals surface area contributed by atoms with Crippen molar-refractivity contribution in [3.05, 3.63) is 83.7 Å². The summed E-state index contributed by atoms with van der Waals surface area (Å²) in [7, 11) is 1.64. The quantitative estimate of drug-likeness (QED) is 0.638. The lowest BCUT2D eigenvalue weighted by Gasteiger charge is -2.39. The highest BCUT2D eigenvalue weighted by Gasteiger charge is 2.45. The van der Waals surface area contributed by atoms with Gasteiger partial charge in [0.15, 0.2) is 0 Å². The maximum atomic E-state index is 13.8. The van der Waals surface area contributed by atoms with E-state index in [4.69, 9.17) is 4.74 Å². The second kappa shape index (κ2) is 8.28. The van der Waals surface area contributed by atoms with E-state index in [0.717, 1.165) is 34.5 Å². The Morgan fingerprint density at radius 2 is 1.91 bits per heavy atom. The molecule has 1 fully saturated rings. The number of carbonyl (C=O) groups is 1. The number of aliphatic hydroxyl groups is 1. The van der Waals surface area contributed by atoms with Gasteiger partial charge in [0.25, 0.3) is 5.91 Å². The molecule has 1 saturated heterocycles. The summed E-state index contributed by atoms with van der Waals surface area (Å²) in [6, 6.07) is 19.6. The molecular formula is C26H25FN2O3. The highest BCUT2D eigenvalue weighted by Crippen LogP contribution is 2.47. The number of fused-ring (bicyclic) bond motifs is 3. The van der Waals surface area contributed by atoms with Crippen molar-refractivity contribution >= 4 is 11.6 Å². The van der Waals surface area contributed by atoms with Gasteiger partial charge in [-0.2, -0.15) is 0 Å². The van der Waals surface area contributed by atoms with Crippen LogP contribution in [0.2, 0.25) is 0 Å². The number of ether oxygens (including phenoxy) is 1. The molecule has 32 heavy (non-hydrogen) atoms. The number of carbonyl (C=O) groups excluding carboxylic acids is 1. The summed E-state index contributed by atoms with van der Waals surface area (Å²) in [6.07, 6.45) is 0.774. The summed E-state index contributed by atoms with van der Waals surface area (Å²) in [5.41, 5.74) is 4.38. The summed E-state index contributed by atoms with van der Waals surface area (Å²) in [5, 5.41) is 13.5. The Bertz CT molecular complexity index is 1150. The number of methoxy groups -OCH3 is 1. The van der Waals surface area contributed by atoms with E-state index >= 15 is 0 Å². The standard InChI is InChI=1S/C26H25FN2O3/c1-32-20-8-5-16(6-9-20)17-7-10-23-22(14-17)25-21(24(15-30)28-23)11-12-29(25)26(31)18-3-2-4-19(27)13-18/h2-10,13-14,21,24-25,28,30H,11-12,15H2,1H3/t21-,24+,25-/m0/s1. The number of rotatable bonds is 4. The van der Waals surface area contributed by atoms with Gasteiger partial charge in [0.1, 0.15) is 11.6 Å². The van der Waals surface area contributed by atoms with Crippen LogP contribution in [-0.4, -0.2) is 42.2 Å². The largest absolute Gasteiger partial charge is 0.497 e. The van der Waals surface area contributed by atoms with E-state index in [2.05, 4.69) is 11.4 Å². The molecule has 2 aliphatic heterocycles. The monoisotopic (exact) mass is 432 g/mol. The molecule has 0 unspecified atom stereocenters. The number of benzene rings is 3. The molecule has 0 aromatic heterocycles. The Labute approximate surface area is 186 Å². The average Bonchev–Trinajstić information content (AvgIpc) is 3.28. The van der Waals surface area contributed by atoms with E-state index in [0.29, 0.717) is 12.1 Å². The molecule has 3 atom stereocenters. The Morgan fingerprint density at radius 1 is 1.12 bits per heavy atom. The lowest BCUT2D eigenvalue weighted by atomic mass is 9.82. The zero-order valence-corrected chi connectivity index (χ0v) is 17.8. The molecule has 164 valence electrons. The van der Waals surface area contributed by atoms with Gasteiger partial charge < -0.3 is 20.1 Å². The highest BCUT2D eigenvalue weighted by atomic mass is 19.1. The second-order valence-corrected chi connectivity index (χ2v) is 8.37. The van der Waals surface area contributed by atoms with Gasteiger partial charge >= 0.3 is 0 Å². The van der Waals surface area contributed by atoms with Crippen LogP contribution in [0.4, 0.5) is 10.1 Å². The van der Waals surface area contributed by atoms with Crippen LogP contribution < -0.4 is 10.1 Å². The molecule has 5 nitrogen and oxygen atoms in total. The highest BCUT2D eigenvalue weighted by molar-refractivity contribution is 5.95. The predicted molar refractivity (Wildman–Crippen MR) is 121 cm³/mol. The summed E-state index contributed by atoms with van der Waals surface area (Å²) in [6.45, 7) is 0.553. The summed E-state index contributed by atoms with van der Waals surface area (Å²) in [4.78, 5) is 15.2. The van der Waals surface area contributed by atoms with Gasteiger partial charge in [-0.25, -0.2) is 4.39 Å². The van der Waals surface area contributed by atoms with Crippen molar-refractivity contribution in [2.45, 2.75) is 18.5 Å². The van der Waals surface area contributed by atoms with Gasteiger partial charge in [-0.15, -0.1) is 0 Å². The Kier molecular flexibility index (Phi) is 5.31. The molecule has 0 aliphatic carbocycles. The first kappa shape index (κ1) is 20.5. The Morgan fingerprint density at radius 3 is 2.62 bits per heavy atom. The van der Waals surface area contributed by atoms with E-state index in [9.17, 15) is 14.3 Å². The Balaban J connectivity index is 1.55. The van der Waals surface area contributed by atoms with Crippen LogP contribution in [0.5, 0.6) is 5.75 Å². The normalized spacial score (nSPS) is 21.5. The van der Waals surface area contributed by atoms with Crippen molar-refractivity contribution in [1.82, 2.24) is 4.90 Å². The zero-order valence-electron chi connectivity index (χ0n) is 17.8. The van der Waals surface area contributed by atoms with Gasteiger partial charge in [0.05, 0.1) is 25.8 Å². The second-order valence-electron chi connectivity index (χ2n) is 8.37. The summed E-state index contributed by atoms with van der Waals surface area (Å²) < 4.78 is 19.0. The van der Waals surface area contributed by atoms with Crippen molar-refractivity contribution in [3.63, 3.8) is 0 Å². The van der Waals surface area contributed by atoms with Crippen LogP contribution in [0.15, 0.2) is 66.7 Å². The van der Waals surface area contributed by atoms with Crippen LogP contribution in [0, 0.1) is 11.7 Å². The number of aliphatic hydroxyl groups excluding tert-OH is 1. The first-order chi connectivity index (χ1) is 15.6. The van der Waals surface area contributed by atoms with Crippen molar-refractivity contribution in [3.8, 4) is 16.9 Å². The zero-order chi connectivity index (χ0) is 22.2. The number of hydrogen-bond acceptors (Lipinski definition) is 4. The number of amides is 1. The number of nitrogens with one attached hydrogen (secondary N) is 1. The predicted octanol–water partition coefficient (Wildman–Crippen LogP) is 4.49. The lowest BCUT2D eigenvalue weighted by Crippen LogP contribution is -2.42. The number of likely N-dealkylation sites (tertiary alicyclic amines) is 1. The van der Waals surface area contributed by atoms with Gasteiger partial charge in [-0.3, -0.25) is 4.79 Å². The molecule has 0 saturated carbocycles. The molecule has 0 radical (unpaired) electrons. The van der Waals surface area contributed by atoms with Crippen LogP contribution in [-0.2, 0) is 0 Å². The number of anilines is 1. The van der Waals surface area contributed by atoms with Crippen LogP contribution in [0.3, 0.4) is 0 Å². The van der Waals surface area contributed by atoms with Crippen molar-refractivity contribution in [1.29, 1.82) is 0 Å². The van der Waals surface area contributed by atoms with E-state index in [1.807, 2.05) is 41.3 Å². The van der Waals surface area contributed by atoms with E-state index in [1.54, 1.807) is 19.2 Å². The van der Waals surface area contributed by atoms with Crippen molar-refractivity contribution < 1.29 is 19.0 Å². The molecule has 0 spiro atoms. The average molecular weight is 432 g/mol. The minimum Gasteiger partial charge on any atom is -0.497 e. The molecule has 2 heterocycles. The van der Waals surface area contributed by atoms with Crippen molar-refractivity contribution in [2.75, 3.05) is 25.6 Å². The molecule has 1 amide bonds. The maximum absolute atomic E-state index is 13.8. The minimum absolute atomic E-state index is 0.0111. The third kappa shape index (κ3) is 3.50.